The number of pyridine rings is 1. The first-order valence-corrected chi connectivity index (χ1v) is 14.6. The summed E-state index contributed by atoms with van der Waals surface area (Å²) in [6.07, 6.45) is 2.47. The average Bonchev–Trinajstić information content (AvgIpc) is 3.47. The van der Waals surface area contributed by atoms with Crippen LogP contribution in [0.25, 0.3) is 11.1 Å². The molecule has 46 heavy (non-hydrogen) atoms. The van der Waals surface area contributed by atoms with Gasteiger partial charge in [-0.2, -0.15) is 0 Å². The molecule has 3 amide bonds. The number of benzene rings is 3. The fraction of sp³-hybridized carbons (Fsp3) is 0.235. The number of ether oxygens (including phenoxy) is 4. The maximum atomic E-state index is 13.5. The third kappa shape index (κ3) is 7.17. The van der Waals surface area contributed by atoms with Crippen molar-refractivity contribution >= 4 is 17.7 Å². The van der Waals surface area contributed by atoms with Gasteiger partial charge < -0.3 is 34.5 Å². The molecule has 1 saturated heterocycles. The first-order valence-electron chi connectivity index (χ1n) is 14.6. The van der Waals surface area contributed by atoms with Crippen molar-refractivity contribution in [1.82, 2.24) is 20.5 Å². The summed E-state index contributed by atoms with van der Waals surface area (Å²) in [7, 11) is 1.52. The molecule has 4 aromatic rings. The molecule has 3 aliphatic rings. The van der Waals surface area contributed by atoms with Gasteiger partial charge in [-0.1, -0.05) is 12.1 Å². The Labute approximate surface area is 264 Å². The third-order valence-electron chi connectivity index (χ3n) is 7.67. The quantitative estimate of drug-likeness (QED) is 0.353. The first kappa shape index (κ1) is 30.4. The van der Waals surface area contributed by atoms with E-state index in [0.717, 1.165) is 11.1 Å². The summed E-state index contributed by atoms with van der Waals surface area (Å²) in [5.41, 5.74) is 2.46. The van der Waals surface area contributed by atoms with Gasteiger partial charge in [0.05, 0.1) is 25.3 Å². The van der Waals surface area contributed by atoms with Crippen LogP contribution in [0, 0.1) is 5.82 Å². The molecule has 0 aliphatic carbocycles. The number of nitrogens with zero attached hydrogens (tertiary/aromatic N) is 2. The van der Waals surface area contributed by atoms with Gasteiger partial charge in [-0.3, -0.25) is 19.4 Å². The molecule has 12 heteroatoms. The largest absolute Gasteiger partial charge is 0.496 e. The first-order chi connectivity index (χ1) is 22.3. The number of amides is 3. The van der Waals surface area contributed by atoms with E-state index in [1.54, 1.807) is 53.6 Å². The number of methoxy groups -OCH3 is 1. The number of rotatable bonds is 4. The van der Waals surface area contributed by atoms with E-state index in [1.165, 1.54) is 37.6 Å². The van der Waals surface area contributed by atoms with Crippen LogP contribution in [0.1, 0.15) is 15.9 Å². The second-order valence-electron chi connectivity index (χ2n) is 10.8. The molecule has 7 rings (SSSR count). The molecule has 1 aromatic heterocycles. The Hall–Kier alpha value is -5.65. The highest BCUT2D eigenvalue weighted by Crippen LogP contribution is 2.28. The predicted octanol–water partition coefficient (Wildman–Crippen LogP) is 3.37. The SMILES string of the molecule is COc1cc2ccc1CNC(=O)COc1cccc(c1)-c1cncc(c1)C(=O)N[C@H]1CN(C(=O)COc3ccc(F)cc3)C[C@@H]1O2. The molecule has 3 aliphatic heterocycles. The van der Waals surface area contributed by atoms with Crippen molar-refractivity contribution in [2.45, 2.75) is 18.7 Å². The van der Waals surface area contributed by atoms with Crippen LogP contribution in [0.5, 0.6) is 23.0 Å². The van der Waals surface area contributed by atoms with Crippen molar-refractivity contribution in [3.8, 4) is 34.1 Å². The zero-order chi connectivity index (χ0) is 32.0. The van der Waals surface area contributed by atoms with Crippen LogP contribution in [-0.4, -0.2) is 73.2 Å². The smallest absolute Gasteiger partial charge is 0.260 e. The number of fused-ring (bicyclic) bond motifs is 7. The zero-order valence-electron chi connectivity index (χ0n) is 24.9. The Bertz CT molecular complexity index is 1750. The molecule has 3 aromatic carbocycles. The van der Waals surface area contributed by atoms with Crippen LogP contribution < -0.4 is 29.6 Å². The topological polar surface area (TPSA) is 128 Å². The van der Waals surface area contributed by atoms with Crippen molar-refractivity contribution in [2.24, 2.45) is 0 Å². The lowest BCUT2D eigenvalue weighted by Gasteiger charge is -2.22. The summed E-state index contributed by atoms with van der Waals surface area (Å²) in [4.78, 5) is 45.1. The van der Waals surface area contributed by atoms with Gasteiger partial charge in [0.2, 0.25) is 0 Å². The van der Waals surface area contributed by atoms with Crippen molar-refractivity contribution in [3.63, 3.8) is 0 Å². The Kier molecular flexibility index (Phi) is 8.95. The molecule has 1 fully saturated rings. The highest BCUT2D eigenvalue weighted by molar-refractivity contribution is 5.95. The minimum atomic E-state index is -0.621. The maximum absolute atomic E-state index is 13.5. The number of hydrogen-bond donors (Lipinski definition) is 2. The van der Waals surface area contributed by atoms with E-state index < -0.39 is 23.9 Å². The van der Waals surface area contributed by atoms with E-state index in [9.17, 15) is 18.8 Å². The fourth-order valence-corrected chi connectivity index (χ4v) is 5.25. The molecule has 0 saturated carbocycles. The molecule has 11 nitrogen and oxygen atoms in total. The summed E-state index contributed by atoms with van der Waals surface area (Å²) in [6.45, 7) is 0.0586. The highest BCUT2D eigenvalue weighted by atomic mass is 19.1. The normalized spacial score (nSPS) is 17.9. The van der Waals surface area contributed by atoms with Gasteiger partial charge in [-0.05, 0) is 60.2 Å². The maximum Gasteiger partial charge on any atom is 0.260 e. The van der Waals surface area contributed by atoms with E-state index >= 15 is 0 Å². The number of carbonyl (C=O) groups excluding carboxylic acids is 3. The third-order valence-corrected chi connectivity index (χ3v) is 7.67. The second kappa shape index (κ2) is 13.6. The standard InChI is InChI=1S/C34H31FN4O7/c1-43-30-13-28-8-5-22(30)16-37-32(40)19-44-27-4-2-3-21(12-27)23-11-24(15-36-14-23)34(42)38-29-17-39(18-31(29)46-28)33(41)20-45-26-9-6-25(35)7-10-26/h2-15,29,31H,16-20H2,1H3,(H,37,40)(H,38,42)/t29-,31-/m0/s1. The van der Waals surface area contributed by atoms with E-state index in [4.69, 9.17) is 18.9 Å². The van der Waals surface area contributed by atoms with Crippen LogP contribution in [-0.2, 0) is 16.1 Å². The molecule has 0 radical (unpaired) electrons. The van der Waals surface area contributed by atoms with E-state index in [-0.39, 0.29) is 44.7 Å². The fourth-order valence-electron chi connectivity index (χ4n) is 5.25. The number of nitrogens with one attached hydrogen (secondary N) is 2. The number of carbonyl (C=O) groups is 3. The van der Waals surface area contributed by atoms with Gasteiger partial charge in [0, 0.05) is 42.7 Å². The van der Waals surface area contributed by atoms with Crippen LogP contribution >= 0.6 is 0 Å². The molecule has 2 atom stereocenters. The van der Waals surface area contributed by atoms with E-state index in [0.29, 0.717) is 34.1 Å². The van der Waals surface area contributed by atoms with Crippen LogP contribution in [0.2, 0.25) is 0 Å². The molecular weight excluding hydrogens is 595 g/mol. The Morgan fingerprint density at radius 1 is 0.978 bits per heavy atom. The Morgan fingerprint density at radius 2 is 1.80 bits per heavy atom. The van der Waals surface area contributed by atoms with E-state index in [2.05, 4.69) is 15.6 Å². The van der Waals surface area contributed by atoms with Crippen molar-refractivity contribution in [2.75, 3.05) is 33.4 Å². The number of aromatic nitrogens is 1. The van der Waals surface area contributed by atoms with Gasteiger partial charge in [-0.25, -0.2) is 4.39 Å². The number of halogens is 1. The monoisotopic (exact) mass is 626 g/mol. The van der Waals surface area contributed by atoms with Crippen molar-refractivity contribution in [3.05, 3.63) is 102 Å². The van der Waals surface area contributed by atoms with Crippen molar-refractivity contribution < 1.29 is 37.7 Å². The minimum Gasteiger partial charge on any atom is -0.496 e. The van der Waals surface area contributed by atoms with Gasteiger partial charge in [-0.15, -0.1) is 0 Å². The average molecular weight is 627 g/mol. The van der Waals surface area contributed by atoms with Crippen molar-refractivity contribution in [1.29, 1.82) is 0 Å². The molecule has 2 N–H and O–H groups in total. The van der Waals surface area contributed by atoms with Gasteiger partial charge >= 0.3 is 0 Å². The summed E-state index contributed by atoms with van der Waals surface area (Å²) in [5, 5.41) is 5.86. The lowest BCUT2D eigenvalue weighted by atomic mass is 10.1. The highest BCUT2D eigenvalue weighted by Gasteiger charge is 2.38. The lowest BCUT2D eigenvalue weighted by molar-refractivity contribution is -0.132. The summed E-state index contributed by atoms with van der Waals surface area (Å²) in [6, 6.07) is 18.9. The number of hydrogen-bond acceptors (Lipinski definition) is 8. The molecule has 4 heterocycles. The predicted molar refractivity (Wildman–Crippen MR) is 164 cm³/mol. The van der Waals surface area contributed by atoms with Gasteiger partial charge in [0.15, 0.2) is 13.2 Å². The van der Waals surface area contributed by atoms with E-state index in [1.807, 2.05) is 6.07 Å². The van der Waals surface area contributed by atoms with Crippen LogP contribution in [0.3, 0.4) is 0 Å². The number of likely N-dealkylation sites (tertiary alicyclic amines) is 1. The van der Waals surface area contributed by atoms with Crippen LogP contribution in [0.4, 0.5) is 4.39 Å². The molecule has 0 unspecified atom stereocenters. The molecule has 0 spiro atoms. The molecule has 236 valence electrons. The Morgan fingerprint density at radius 3 is 2.63 bits per heavy atom. The Balaban J connectivity index is 1.28. The molecule has 6 bridgehead atoms. The summed E-state index contributed by atoms with van der Waals surface area (Å²) < 4.78 is 36.5. The minimum absolute atomic E-state index is 0.162. The van der Waals surface area contributed by atoms with Gasteiger partial charge in [0.1, 0.15) is 34.9 Å². The second-order valence-corrected chi connectivity index (χ2v) is 10.8. The zero-order valence-corrected chi connectivity index (χ0v) is 24.9. The summed E-state index contributed by atoms with van der Waals surface area (Å²) in [5.74, 6) is 0.340. The van der Waals surface area contributed by atoms with Gasteiger partial charge in [0.25, 0.3) is 17.7 Å². The summed E-state index contributed by atoms with van der Waals surface area (Å²) >= 11 is 0. The van der Waals surface area contributed by atoms with Crippen LogP contribution in [0.15, 0.2) is 85.2 Å². The molecular formula is C34H31FN4O7. The lowest BCUT2D eigenvalue weighted by Crippen LogP contribution is -2.45.